The number of fused-ring (bicyclic) bond motifs is 1. The van der Waals surface area contributed by atoms with Crippen LogP contribution in [0.5, 0.6) is 11.5 Å². The van der Waals surface area contributed by atoms with Crippen molar-refractivity contribution in [1.82, 2.24) is 25.1 Å². The fourth-order valence-electron chi connectivity index (χ4n) is 5.05. The smallest absolute Gasteiger partial charge is 0.158 e. The van der Waals surface area contributed by atoms with Gasteiger partial charge in [0.1, 0.15) is 22.8 Å². The zero-order valence-corrected chi connectivity index (χ0v) is 23.3. The summed E-state index contributed by atoms with van der Waals surface area (Å²) in [5.74, 6) is 3.15. The van der Waals surface area contributed by atoms with Crippen LogP contribution in [0.4, 0.5) is 5.82 Å². The van der Waals surface area contributed by atoms with Crippen molar-refractivity contribution in [2.24, 2.45) is 0 Å². The van der Waals surface area contributed by atoms with E-state index in [0.717, 1.165) is 110 Å². The van der Waals surface area contributed by atoms with Crippen molar-refractivity contribution in [2.45, 2.75) is 83.8 Å². The van der Waals surface area contributed by atoms with Crippen LogP contribution >= 0.6 is 0 Å². The molecule has 1 saturated heterocycles. The molecule has 0 unspecified atom stereocenters. The summed E-state index contributed by atoms with van der Waals surface area (Å²) in [5, 5.41) is 21.0. The molecule has 3 heterocycles. The second kappa shape index (κ2) is 14.3. The summed E-state index contributed by atoms with van der Waals surface area (Å²) in [6, 6.07) is 5.83. The average molecular weight is 525 g/mol. The molecule has 0 bridgehead atoms. The molecule has 3 aromatic rings. The van der Waals surface area contributed by atoms with Crippen molar-refractivity contribution < 1.29 is 14.6 Å². The van der Waals surface area contributed by atoms with E-state index >= 15 is 0 Å². The maximum atomic E-state index is 9.68. The number of ether oxygens (including phenoxy) is 2. The number of aliphatic hydroxyl groups is 1. The van der Waals surface area contributed by atoms with E-state index in [-0.39, 0.29) is 6.10 Å². The molecule has 2 aromatic heterocycles. The van der Waals surface area contributed by atoms with Crippen LogP contribution in [0.15, 0.2) is 18.2 Å². The van der Waals surface area contributed by atoms with E-state index in [1.54, 1.807) is 14.2 Å². The SMILES string of the molecule is CCCCc1nc(NCc2ccc(OC)cc2OC)c2n[nH]c(CCCCCCN3CCC(O)CC3)c2n1. The fraction of sp³-hybridized carbons (Fsp3) is 0.621. The standard InChI is InChI=1S/C29H44N6O3/c1-4-5-11-26-31-27-24(10-8-6-7-9-16-35-17-14-22(36)15-18-35)33-34-28(27)29(32-26)30-20-21-12-13-23(37-2)19-25(21)38-3/h12-13,19,22,36H,4-11,14-18,20H2,1-3H3,(H,33,34)(H,30,31,32). The molecule has 9 heteroatoms. The Kier molecular flexibility index (Phi) is 10.6. The van der Waals surface area contributed by atoms with Crippen molar-refractivity contribution in [1.29, 1.82) is 0 Å². The van der Waals surface area contributed by atoms with E-state index in [9.17, 15) is 5.11 Å². The summed E-state index contributed by atoms with van der Waals surface area (Å²) in [4.78, 5) is 12.2. The number of aromatic nitrogens is 4. The van der Waals surface area contributed by atoms with Gasteiger partial charge in [0, 0.05) is 37.7 Å². The molecule has 0 amide bonds. The first-order valence-electron chi connectivity index (χ1n) is 14.2. The number of unbranched alkanes of at least 4 members (excludes halogenated alkanes) is 4. The van der Waals surface area contributed by atoms with E-state index in [1.165, 1.54) is 19.3 Å². The summed E-state index contributed by atoms with van der Waals surface area (Å²) in [7, 11) is 3.32. The first-order chi connectivity index (χ1) is 18.6. The van der Waals surface area contributed by atoms with Crippen LogP contribution in [0.2, 0.25) is 0 Å². The lowest BCUT2D eigenvalue weighted by Crippen LogP contribution is -2.36. The van der Waals surface area contributed by atoms with Gasteiger partial charge in [-0.25, -0.2) is 9.97 Å². The van der Waals surface area contributed by atoms with Crippen molar-refractivity contribution in [3.8, 4) is 11.5 Å². The van der Waals surface area contributed by atoms with Crippen molar-refractivity contribution in [3.63, 3.8) is 0 Å². The number of anilines is 1. The quantitative estimate of drug-likeness (QED) is 0.241. The molecule has 1 aliphatic rings. The zero-order valence-electron chi connectivity index (χ0n) is 23.3. The lowest BCUT2D eigenvalue weighted by molar-refractivity contribution is 0.0817. The normalized spacial score (nSPS) is 14.7. The van der Waals surface area contributed by atoms with Gasteiger partial charge in [-0.15, -0.1) is 0 Å². The van der Waals surface area contributed by atoms with Crippen molar-refractivity contribution in [2.75, 3.05) is 39.2 Å². The Labute approximate surface area is 226 Å². The third kappa shape index (κ3) is 7.57. The molecule has 1 fully saturated rings. The Morgan fingerprint density at radius 2 is 1.82 bits per heavy atom. The minimum atomic E-state index is -0.0947. The van der Waals surface area contributed by atoms with Crippen molar-refractivity contribution in [3.05, 3.63) is 35.3 Å². The van der Waals surface area contributed by atoms with Crippen LogP contribution in [0.25, 0.3) is 11.0 Å². The lowest BCUT2D eigenvalue weighted by atomic mass is 10.1. The third-order valence-electron chi connectivity index (χ3n) is 7.42. The monoisotopic (exact) mass is 524 g/mol. The number of nitrogens with one attached hydrogen (secondary N) is 2. The topological polar surface area (TPSA) is 108 Å². The predicted octanol–water partition coefficient (Wildman–Crippen LogP) is 4.88. The second-order valence-electron chi connectivity index (χ2n) is 10.3. The number of aromatic amines is 1. The van der Waals surface area contributed by atoms with Crippen molar-refractivity contribution >= 4 is 16.9 Å². The number of aliphatic hydroxyl groups excluding tert-OH is 1. The molecule has 0 saturated carbocycles. The first kappa shape index (κ1) is 28.1. The largest absolute Gasteiger partial charge is 0.497 e. The highest BCUT2D eigenvalue weighted by molar-refractivity contribution is 5.87. The number of benzene rings is 1. The first-order valence-corrected chi connectivity index (χ1v) is 14.2. The maximum absolute atomic E-state index is 9.68. The van der Waals surface area contributed by atoms with Gasteiger partial charge in [0.2, 0.25) is 0 Å². The second-order valence-corrected chi connectivity index (χ2v) is 10.3. The van der Waals surface area contributed by atoms with E-state index < -0.39 is 0 Å². The zero-order chi connectivity index (χ0) is 26.7. The molecule has 38 heavy (non-hydrogen) atoms. The molecule has 1 aliphatic heterocycles. The molecule has 208 valence electrons. The third-order valence-corrected chi connectivity index (χ3v) is 7.42. The Bertz CT molecular complexity index is 1140. The Balaban J connectivity index is 1.37. The van der Waals surface area contributed by atoms with E-state index in [1.807, 2.05) is 18.2 Å². The summed E-state index contributed by atoms with van der Waals surface area (Å²) in [6.45, 7) is 5.95. The summed E-state index contributed by atoms with van der Waals surface area (Å²) >= 11 is 0. The number of methoxy groups -OCH3 is 2. The van der Waals surface area contributed by atoms with Gasteiger partial charge in [-0.2, -0.15) is 5.10 Å². The Hall–Kier alpha value is -2.91. The number of hydrogen-bond acceptors (Lipinski definition) is 8. The van der Waals surface area contributed by atoms with Gasteiger partial charge in [0.25, 0.3) is 0 Å². The number of aryl methyl sites for hydroxylation is 2. The number of H-pyrrole nitrogens is 1. The average Bonchev–Trinajstić information content (AvgIpc) is 3.36. The summed E-state index contributed by atoms with van der Waals surface area (Å²) < 4.78 is 10.9. The number of nitrogens with zero attached hydrogens (tertiary/aromatic N) is 4. The molecule has 0 aliphatic carbocycles. The fourth-order valence-corrected chi connectivity index (χ4v) is 5.05. The molecular formula is C29H44N6O3. The number of likely N-dealkylation sites (tertiary alicyclic amines) is 1. The van der Waals surface area contributed by atoms with Crippen LogP contribution < -0.4 is 14.8 Å². The van der Waals surface area contributed by atoms with E-state index in [4.69, 9.17) is 19.4 Å². The van der Waals surface area contributed by atoms with Gasteiger partial charge in [-0.3, -0.25) is 5.10 Å². The van der Waals surface area contributed by atoms with Crippen LogP contribution in [0, 0.1) is 0 Å². The van der Waals surface area contributed by atoms with E-state index in [2.05, 4.69) is 27.3 Å². The Morgan fingerprint density at radius 1 is 1.00 bits per heavy atom. The Morgan fingerprint density at radius 3 is 2.58 bits per heavy atom. The maximum Gasteiger partial charge on any atom is 0.158 e. The number of hydrogen-bond donors (Lipinski definition) is 3. The lowest BCUT2D eigenvalue weighted by Gasteiger charge is -2.29. The van der Waals surface area contributed by atoms with Gasteiger partial charge in [-0.1, -0.05) is 26.2 Å². The molecule has 0 radical (unpaired) electrons. The molecule has 0 atom stereocenters. The number of rotatable bonds is 15. The minimum Gasteiger partial charge on any atom is -0.497 e. The van der Waals surface area contributed by atoms with Crippen LogP contribution in [0.3, 0.4) is 0 Å². The molecular weight excluding hydrogens is 480 g/mol. The molecule has 0 spiro atoms. The summed E-state index contributed by atoms with van der Waals surface area (Å²) in [5.41, 5.74) is 3.84. The highest BCUT2D eigenvalue weighted by Gasteiger charge is 2.17. The molecule has 1 aromatic carbocycles. The van der Waals surface area contributed by atoms with Crippen LogP contribution in [-0.2, 0) is 19.4 Å². The molecule has 9 nitrogen and oxygen atoms in total. The van der Waals surface area contributed by atoms with Gasteiger partial charge >= 0.3 is 0 Å². The highest BCUT2D eigenvalue weighted by Crippen LogP contribution is 2.27. The van der Waals surface area contributed by atoms with Gasteiger partial charge in [0.05, 0.1) is 26.0 Å². The minimum absolute atomic E-state index is 0.0947. The highest BCUT2D eigenvalue weighted by atomic mass is 16.5. The summed E-state index contributed by atoms with van der Waals surface area (Å²) in [6.07, 6.45) is 10.4. The van der Waals surface area contributed by atoms with Gasteiger partial charge in [-0.05, 0) is 57.2 Å². The number of piperidine rings is 1. The predicted molar refractivity (Wildman–Crippen MR) is 151 cm³/mol. The van der Waals surface area contributed by atoms with Crippen LogP contribution in [-0.4, -0.2) is 70.1 Å². The van der Waals surface area contributed by atoms with Gasteiger partial charge in [0.15, 0.2) is 11.3 Å². The molecule has 3 N–H and O–H groups in total. The molecule has 4 rings (SSSR count). The van der Waals surface area contributed by atoms with E-state index in [0.29, 0.717) is 6.54 Å². The van der Waals surface area contributed by atoms with Gasteiger partial charge < -0.3 is 24.8 Å². The van der Waals surface area contributed by atoms with Crippen LogP contribution in [0.1, 0.15) is 75.4 Å².